The SMILES string of the molecule is CCOC1CCN(C2CC2)CC1. The largest absolute Gasteiger partial charge is 0.378 e. The zero-order valence-electron chi connectivity index (χ0n) is 7.96. The third kappa shape index (κ3) is 1.99. The van der Waals surface area contributed by atoms with Crippen LogP contribution in [0.1, 0.15) is 32.6 Å². The minimum absolute atomic E-state index is 0.560. The lowest BCUT2D eigenvalue weighted by atomic mass is 10.1. The molecule has 0 atom stereocenters. The van der Waals surface area contributed by atoms with Gasteiger partial charge in [0.15, 0.2) is 0 Å². The average molecular weight is 169 g/mol. The fraction of sp³-hybridized carbons (Fsp3) is 1.00. The highest BCUT2D eigenvalue weighted by Gasteiger charge is 2.31. The van der Waals surface area contributed by atoms with Gasteiger partial charge in [0.1, 0.15) is 0 Å². The molecule has 1 heterocycles. The monoisotopic (exact) mass is 169 g/mol. The van der Waals surface area contributed by atoms with Crippen molar-refractivity contribution in [2.24, 2.45) is 0 Å². The third-order valence-electron chi connectivity index (χ3n) is 2.94. The summed E-state index contributed by atoms with van der Waals surface area (Å²) in [5.74, 6) is 0. The highest BCUT2D eigenvalue weighted by atomic mass is 16.5. The summed E-state index contributed by atoms with van der Waals surface area (Å²) < 4.78 is 5.60. The van der Waals surface area contributed by atoms with Crippen LogP contribution >= 0.6 is 0 Å². The van der Waals surface area contributed by atoms with Gasteiger partial charge in [-0.2, -0.15) is 0 Å². The topological polar surface area (TPSA) is 12.5 Å². The molecule has 2 aliphatic rings. The standard InChI is InChI=1S/C10H19NO/c1-2-12-10-5-7-11(8-6-10)9-3-4-9/h9-10H,2-8H2,1H3. The first kappa shape index (κ1) is 8.52. The Hall–Kier alpha value is -0.0800. The van der Waals surface area contributed by atoms with Crippen LogP contribution in [0.5, 0.6) is 0 Å². The van der Waals surface area contributed by atoms with Crippen molar-refractivity contribution in [2.45, 2.75) is 44.8 Å². The van der Waals surface area contributed by atoms with E-state index in [1.807, 2.05) is 0 Å². The van der Waals surface area contributed by atoms with Gasteiger partial charge in [0, 0.05) is 25.7 Å². The second kappa shape index (κ2) is 3.75. The quantitative estimate of drug-likeness (QED) is 0.637. The smallest absolute Gasteiger partial charge is 0.0599 e. The second-order valence-electron chi connectivity index (χ2n) is 3.92. The molecule has 0 aromatic rings. The lowest BCUT2D eigenvalue weighted by Crippen LogP contribution is -2.38. The van der Waals surface area contributed by atoms with E-state index >= 15 is 0 Å². The van der Waals surface area contributed by atoms with E-state index < -0.39 is 0 Å². The van der Waals surface area contributed by atoms with E-state index in [0.717, 1.165) is 12.6 Å². The minimum atomic E-state index is 0.560. The number of rotatable bonds is 3. The molecule has 1 aliphatic carbocycles. The van der Waals surface area contributed by atoms with Crippen molar-refractivity contribution < 1.29 is 4.74 Å². The van der Waals surface area contributed by atoms with Gasteiger partial charge in [0.25, 0.3) is 0 Å². The van der Waals surface area contributed by atoms with Crippen LogP contribution in [0.3, 0.4) is 0 Å². The zero-order valence-corrected chi connectivity index (χ0v) is 7.96. The first-order valence-electron chi connectivity index (χ1n) is 5.26. The summed E-state index contributed by atoms with van der Waals surface area (Å²) >= 11 is 0. The Labute approximate surface area is 74.9 Å². The molecule has 0 unspecified atom stereocenters. The van der Waals surface area contributed by atoms with Crippen molar-refractivity contribution in [3.8, 4) is 0 Å². The lowest BCUT2D eigenvalue weighted by molar-refractivity contribution is 0.0125. The molecule has 0 aromatic heterocycles. The molecule has 0 radical (unpaired) electrons. The van der Waals surface area contributed by atoms with Crippen molar-refractivity contribution in [1.82, 2.24) is 4.90 Å². The van der Waals surface area contributed by atoms with Crippen LogP contribution < -0.4 is 0 Å². The van der Waals surface area contributed by atoms with E-state index in [1.54, 1.807) is 0 Å². The van der Waals surface area contributed by atoms with Gasteiger partial charge in [0.05, 0.1) is 6.10 Å². The summed E-state index contributed by atoms with van der Waals surface area (Å²) in [6.07, 6.45) is 5.96. The van der Waals surface area contributed by atoms with Crippen LogP contribution in [0.2, 0.25) is 0 Å². The Morgan fingerprint density at radius 3 is 2.33 bits per heavy atom. The van der Waals surface area contributed by atoms with Gasteiger partial charge in [-0.1, -0.05) is 0 Å². The molecule has 0 aromatic carbocycles. The van der Waals surface area contributed by atoms with E-state index in [-0.39, 0.29) is 0 Å². The summed E-state index contributed by atoms with van der Waals surface area (Å²) in [5.41, 5.74) is 0. The molecular formula is C10H19NO. The molecule has 2 rings (SSSR count). The number of piperidine rings is 1. The predicted octanol–water partition coefficient (Wildman–Crippen LogP) is 1.65. The molecular weight excluding hydrogens is 150 g/mol. The van der Waals surface area contributed by atoms with E-state index in [1.165, 1.54) is 38.8 Å². The molecule has 70 valence electrons. The van der Waals surface area contributed by atoms with E-state index in [2.05, 4.69) is 11.8 Å². The summed E-state index contributed by atoms with van der Waals surface area (Å²) in [4.78, 5) is 2.63. The van der Waals surface area contributed by atoms with Gasteiger partial charge in [-0.05, 0) is 32.6 Å². The molecule has 0 amide bonds. The van der Waals surface area contributed by atoms with Crippen molar-refractivity contribution in [2.75, 3.05) is 19.7 Å². The number of ether oxygens (including phenoxy) is 1. The number of hydrogen-bond acceptors (Lipinski definition) is 2. The molecule has 2 heteroatoms. The van der Waals surface area contributed by atoms with Crippen LogP contribution in [-0.2, 0) is 4.74 Å². The summed E-state index contributed by atoms with van der Waals surface area (Å²) in [7, 11) is 0. The molecule has 1 saturated carbocycles. The van der Waals surface area contributed by atoms with Crippen molar-refractivity contribution in [3.05, 3.63) is 0 Å². The van der Waals surface area contributed by atoms with Gasteiger partial charge >= 0.3 is 0 Å². The minimum Gasteiger partial charge on any atom is -0.378 e. The average Bonchev–Trinajstić information content (AvgIpc) is 2.89. The fourth-order valence-corrected chi connectivity index (χ4v) is 2.08. The summed E-state index contributed by atoms with van der Waals surface area (Å²) in [6.45, 7) is 5.52. The van der Waals surface area contributed by atoms with Gasteiger partial charge in [0.2, 0.25) is 0 Å². The van der Waals surface area contributed by atoms with E-state index in [9.17, 15) is 0 Å². The summed E-state index contributed by atoms with van der Waals surface area (Å²) in [6, 6.07) is 0.951. The molecule has 2 fully saturated rings. The Kier molecular flexibility index (Phi) is 2.66. The maximum absolute atomic E-state index is 5.60. The Balaban J connectivity index is 1.69. The van der Waals surface area contributed by atoms with E-state index in [0.29, 0.717) is 6.10 Å². The molecule has 12 heavy (non-hydrogen) atoms. The lowest BCUT2D eigenvalue weighted by Gasteiger charge is -2.31. The molecule has 0 N–H and O–H groups in total. The first-order chi connectivity index (χ1) is 5.90. The van der Waals surface area contributed by atoms with Crippen LogP contribution in [0.4, 0.5) is 0 Å². The van der Waals surface area contributed by atoms with Gasteiger partial charge < -0.3 is 9.64 Å². The second-order valence-corrected chi connectivity index (χ2v) is 3.92. The van der Waals surface area contributed by atoms with Crippen molar-refractivity contribution in [1.29, 1.82) is 0 Å². The van der Waals surface area contributed by atoms with Crippen molar-refractivity contribution >= 4 is 0 Å². The van der Waals surface area contributed by atoms with Crippen LogP contribution in [-0.4, -0.2) is 36.7 Å². The van der Waals surface area contributed by atoms with Crippen LogP contribution in [0.15, 0.2) is 0 Å². The Morgan fingerprint density at radius 1 is 1.17 bits per heavy atom. The van der Waals surface area contributed by atoms with Crippen LogP contribution in [0.25, 0.3) is 0 Å². The van der Waals surface area contributed by atoms with Gasteiger partial charge in [-0.3, -0.25) is 0 Å². The Bertz CT molecular complexity index is 137. The van der Waals surface area contributed by atoms with Gasteiger partial charge in [-0.15, -0.1) is 0 Å². The molecule has 1 aliphatic heterocycles. The number of likely N-dealkylation sites (tertiary alicyclic amines) is 1. The maximum Gasteiger partial charge on any atom is 0.0599 e. The predicted molar refractivity (Wildman–Crippen MR) is 49.2 cm³/mol. The van der Waals surface area contributed by atoms with Crippen molar-refractivity contribution in [3.63, 3.8) is 0 Å². The fourth-order valence-electron chi connectivity index (χ4n) is 2.08. The summed E-state index contributed by atoms with van der Waals surface area (Å²) in [5, 5.41) is 0. The maximum atomic E-state index is 5.60. The van der Waals surface area contributed by atoms with Gasteiger partial charge in [-0.25, -0.2) is 0 Å². The first-order valence-corrected chi connectivity index (χ1v) is 5.26. The molecule has 1 saturated heterocycles. The number of nitrogens with zero attached hydrogens (tertiary/aromatic N) is 1. The zero-order chi connectivity index (χ0) is 8.39. The molecule has 2 nitrogen and oxygen atoms in total. The molecule has 0 spiro atoms. The Morgan fingerprint density at radius 2 is 1.83 bits per heavy atom. The number of hydrogen-bond donors (Lipinski definition) is 0. The normalized spacial score (nSPS) is 27.8. The highest BCUT2D eigenvalue weighted by Crippen LogP contribution is 2.29. The van der Waals surface area contributed by atoms with Crippen LogP contribution in [0, 0.1) is 0 Å². The van der Waals surface area contributed by atoms with E-state index in [4.69, 9.17) is 4.74 Å². The molecule has 0 bridgehead atoms. The highest BCUT2D eigenvalue weighted by molar-refractivity contribution is 4.87. The third-order valence-corrected chi connectivity index (χ3v) is 2.94.